The third kappa shape index (κ3) is 2.53. The molecule has 4 heteroatoms. The highest BCUT2D eigenvalue weighted by Gasteiger charge is 2.27. The van der Waals surface area contributed by atoms with Crippen LogP contribution in [0.15, 0.2) is 18.2 Å². The van der Waals surface area contributed by atoms with Gasteiger partial charge in [-0.1, -0.05) is 6.07 Å². The van der Waals surface area contributed by atoms with Crippen LogP contribution in [0.4, 0.5) is 10.1 Å². The van der Waals surface area contributed by atoms with Crippen molar-refractivity contribution in [2.75, 3.05) is 18.1 Å². The van der Waals surface area contributed by atoms with Gasteiger partial charge in [-0.2, -0.15) is 0 Å². The summed E-state index contributed by atoms with van der Waals surface area (Å²) in [6, 6.07) is 4.82. The SMILES string of the molecule is O=Cc1cccc(F)c1N1CCCC1CCCO. The molecule has 2 rings (SSSR count). The summed E-state index contributed by atoms with van der Waals surface area (Å²) < 4.78 is 13.9. The zero-order valence-corrected chi connectivity index (χ0v) is 10.3. The third-order valence-corrected chi connectivity index (χ3v) is 3.50. The number of hydrogen-bond donors (Lipinski definition) is 1. The maximum Gasteiger partial charge on any atom is 0.152 e. The lowest BCUT2D eigenvalue weighted by molar-refractivity contribution is 0.112. The molecule has 0 bridgehead atoms. The van der Waals surface area contributed by atoms with Gasteiger partial charge in [0.2, 0.25) is 0 Å². The smallest absolute Gasteiger partial charge is 0.152 e. The molecule has 1 aromatic rings. The third-order valence-electron chi connectivity index (χ3n) is 3.50. The summed E-state index contributed by atoms with van der Waals surface area (Å²) in [5.41, 5.74) is 0.832. The molecular formula is C14H18FNO2. The average Bonchev–Trinajstić information content (AvgIpc) is 2.83. The summed E-state index contributed by atoms with van der Waals surface area (Å²) in [6.07, 6.45) is 4.25. The summed E-state index contributed by atoms with van der Waals surface area (Å²) in [5, 5.41) is 8.89. The Labute approximate surface area is 106 Å². The van der Waals surface area contributed by atoms with Gasteiger partial charge in [0.05, 0.1) is 5.69 Å². The van der Waals surface area contributed by atoms with Crippen LogP contribution in [0.2, 0.25) is 0 Å². The summed E-state index contributed by atoms with van der Waals surface area (Å²) in [7, 11) is 0. The fourth-order valence-electron chi connectivity index (χ4n) is 2.69. The second kappa shape index (κ2) is 5.96. The predicted molar refractivity (Wildman–Crippen MR) is 68.5 cm³/mol. The van der Waals surface area contributed by atoms with Gasteiger partial charge in [-0.25, -0.2) is 4.39 Å². The van der Waals surface area contributed by atoms with Crippen molar-refractivity contribution >= 4 is 12.0 Å². The zero-order valence-electron chi connectivity index (χ0n) is 10.3. The Kier molecular flexibility index (Phi) is 4.31. The molecule has 1 unspecified atom stereocenters. The quantitative estimate of drug-likeness (QED) is 0.817. The van der Waals surface area contributed by atoms with E-state index in [1.807, 2.05) is 4.90 Å². The Balaban J connectivity index is 2.26. The molecule has 0 radical (unpaired) electrons. The maximum atomic E-state index is 13.9. The Morgan fingerprint density at radius 3 is 3.06 bits per heavy atom. The molecule has 1 N–H and O–H groups in total. The normalized spacial score (nSPS) is 19.2. The minimum absolute atomic E-state index is 0.155. The van der Waals surface area contributed by atoms with Crippen LogP contribution in [0.1, 0.15) is 36.0 Å². The Hall–Kier alpha value is -1.42. The monoisotopic (exact) mass is 251 g/mol. The van der Waals surface area contributed by atoms with Gasteiger partial charge < -0.3 is 10.0 Å². The second-order valence-electron chi connectivity index (χ2n) is 4.65. The van der Waals surface area contributed by atoms with Crippen LogP contribution in [0.3, 0.4) is 0 Å². The van der Waals surface area contributed by atoms with Gasteiger partial charge in [0.15, 0.2) is 6.29 Å². The van der Waals surface area contributed by atoms with E-state index < -0.39 is 0 Å². The number of aliphatic hydroxyl groups excluding tert-OH is 1. The fourth-order valence-corrected chi connectivity index (χ4v) is 2.69. The van der Waals surface area contributed by atoms with Crippen LogP contribution in [0.25, 0.3) is 0 Å². The predicted octanol–water partition coefficient (Wildman–Crippen LogP) is 2.38. The van der Waals surface area contributed by atoms with E-state index in [2.05, 4.69) is 0 Å². The lowest BCUT2D eigenvalue weighted by atomic mass is 10.1. The van der Waals surface area contributed by atoms with Crippen LogP contribution in [-0.2, 0) is 0 Å². The number of halogens is 1. The van der Waals surface area contributed by atoms with E-state index in [1.165, 1.54) is 6.07 Å². The minimum atomic E-state index is -0.338. The van der Waals surface area contributed by atoms with E-state index in [9.17, 15) is 9.18 Å². The minimum Gasteiger partial charge on any atom is -0.396 e. The van der Waals surface area contributed by atoms with E-state index in [1.54, 1.807) is 12.1 Å². The molecule has 1 saturated heterocycles. The summed E-state index contributed by atoms with van der Waals surface area (Å²) in [4.78, 5) is 13.0. The Bertz CT molecular complexity index is 422. The van der Waals surface area contributed by atoms with E-state index in [0.29, 0.717) is 24.0 Å². The van der Waals surface area contributed by atoms with E-state index >= 15 is 0 Å². The van der Waals surface area contributed by atoms with Crippen LogP contribution in [0, 0.1) is 5.82 Å². The van der Waals surface area contributed by atoms with E-state index in [4.69, 9.17) is 5.11 Å². The molecule has 98 valence electrons. The van der Waals surface area contributed by atoms with Crippen molar-refractivity contribution in [3.05, 3.63) is 29.6 Å². The molecule has 1 heterocycles. The first kappa shape index (κ1) is 13.0. The molecule has 0 saturated carbocycles. The highest BCUT2D eigenvalue weighted by atomic mass is 19.1. The number of hydrogen-bond acceptors (Lipinski definition) is 3. The zero-order chi connectivity index (χ0) is 13.0. The number of nitrogens with zero attached hydrogens (tertiary/aromatic N) is 1. The molecule has 1 aliphatic rings. The van der Waals surface area contributed by atoms with Gasteiger partial charge in [-0.15, -0.1) is 0 Å². The van der Waals surface area contributed by atoms with Crippen molar-refractivity contribution in [3.8, 4) is 0 Å². The average molecular weight is 251 g/mol. The Morgan fingerprint density at radius 2 is 2.33 bits per heavy atom. The highest BCUT2D eigenvalue weighted by Crippen LogP contribution is 2.32. The van der Waals surface area contributed by atoms with Crippen LogP contribution in [-0.4, -0.2) is 30.6 Å². The summed E-state index contributed by atoms with van der Waals surface area (Å²) in [5.74, 6) is -0.338. The topological polar surface area (TPSA) is 40.5 Å². The largest absolute Gasteiger partial charge is 0.396 e. The van der Waals surface area contributed by atoms with Crippen molar-refractivity contribution in [2.24, 2.45) is 0 Å². The highest BCUT2D eigenvalue weighted by molar-refractivity contribution is 5.85. The molecule has 0 aliphatic carbocycles. The molecule has 1 atom stereocenters. The van der Waals surface area contributed by atoms with Crippen molar-refractivity contribution in [1.82, 2.24) is 0 Å². The number of aldehydes is 1. The van der Waals surface area contributed by atoms with Crippen LogP contribution >= 0.6 is 0 Å². The van der Waals surface area contributed by atoms with Gasteiger partial charge in [0, 0.05) is 24.8 Å². The van der Waals surface area contributed by atoms with E-state index in [0.717, 1.165) is 25.8 Å². The molecular weight excluding hydrogens is 233 g/mol. The molecule has 18 heavy (non-hydrogen) atoms. The summed E-state index contributed by atoms with van der Waals surface area (Å²) in [6.45, 7) is 0.931. The first-order chi connectivity index (χ1) is 8.77. The van der Waals surface area contributed by atoms with Crippen molar-refractivity contribution in [1.29, 1.82) is 0 Å². The fraction of sp³-hybridized carbons (Fsp3) is 0.500. The summed E-state index contributed by atoms with van der Waals surface area (Å²) >= 11 is 0. The van der Waals surface area contributed by atoms with E-state index in [-0.39, 0.29) is 18.5 Å². The van der Waals surface area contributed by atoms with Gasteiger partial charge in [0.25, 0.3) is 0 Å². The molecule has 0 aromatic heterocycles. The van der Waals surface area contributed by atoms with Gasteiger partial charge in [-0.3, -0.25) is 4.79 Å². The standard InChI is InChI=1S/C14H18FNO2/c15-13-7-1-4-11(10-18)14(13)16-8-2-5-12(16)6-3-9-17/h1,4,7,10,12,17H,2-3,5-6,8-9H2. The number of carbonyl (C=O) groups is 1. The molecule has 1 aromatic carbocycles. The lowest BCUT2D eigenvalue weighted by Gasteiger charge is -2.28. The number of anilines is 1. The number of carbonyl (C=O) groups excluding carboxylic acids is 1. The van der Waals surface area contributed by atoms with Gasteiger partial charge in [0.1, 0.15) is 5.82 Å². The molecule has 1 aliphatic heterocycles. The van der Waals surface area contributed by atoms with Gasteiger partial charge >= 0.3 is 0 Å². The Morgan fingerprint density at radius 1 is 1.50 bits per heavy atom. The van der Waals surface area contributed by atoms with Crippen molar-refractivity contribution < 1.29 is 14.3 Å². The molecule has 0 amide bonds. The maximum absolute atomic E-state index is 13.9. The first-order valence-electron chi connectivity index (χ1n) is 6.39. The van der Waals surface area contributed by atoms with Crippen LogP contribution in [0.5, 0.6) is 0 Å². The molecule has 1 fully saturated rings. The number of benzene rings is 1. The molecule has 0 spiro atoms. The van der Waals surface area contributed by atoms with Crippen LogP contribution < -0.4 is 4.90 Å². The van der Waals surface area contributed by atoms with Crippen molar-refractivity contribution in [2.45, 2.75) is 31.7 Å². The number of rotatable bonds is 5. The first-order valence-corrected chi connectivity index (χ1v) is 6.39. The van der Waals surface area contributed by atoms with Crippen molar-refractivity contribution in [3.63, 3.8) is 0 Å². The number of para-hydroxylation sites is 1. The lowest BCUT2D eigenvalue weighted by Crippen LogP contribution is -2.31. The second-order valence-corrected chi connectivity index (χ2v) is 4.65. The number of aliphatic hydroxyl groups is 1. The van der Waals surface area contributed by atoms with Gasteiger partial charge in [-0.05, 0) is 37.8 Å². The molecule has 3 nitrogen and oxygen atoms in total.